The summed E-state index contributed by atoms with van der Waals surface area (Å²) in [6.07, 6.45) is 1.68. The molecule has 0 radical (unpaired) electrons. The lowest BCUT2D eigenvalue weighted by Gasteiger charge is -2.01. The number of aryl methyl sites for hydroxylation is 1. The van der Waals surface area contributed by atoms with Gasteiger partial charge >= 0.3 is 0 Å². The Morgan fingerprint density at radius 3 is 2.62 bits per heavy atom. The number of hydrogen-bond acceptors (Lipinski definition) is 3. The molecule has 0 bridgehead atoms. The molecule has 1 aromatic heterocycles. The number of aromatic nitrogens is 1. The van der Waals surface area contributed by atoms with Crippen LogP contribution in [0.25, 0.3) is 11.3 Å². The molecule has 2 rings (SSSR count). The van der Waals surface area contributed by atoms with E-state index < -0.39 is 0 Å². The highest BCUT2D eigenvalue weighted by atomic mass is 16.3. The molecule has 0 fully saturated rings. The van der Waals surface area contributed by atoms with E-state index in [1.165, 1.54) is 0 Å². The van der Waals surface area contributed by atoms with Crippen LogP contribution in [0.1, 0.15) is 31.2 Å². The number of rotatable bonds is 2. The number of nitrogens with zero attached hydrogens (tertiary/aromatic N) is 1. The predicted molar refractivity (Wildman–Crippen MR) is 65.2 cm³/mol. The van der Waals surface area contributed by atoms with Crippen LogP contribution in [0.3, 0.4) is 0 Å². The minimum atomic E-state index is 0.302. The lowest BCUT2D eigenvalue weighted by atomic mass is 10.1. The lowest BCUT2D eigenvalue weighted by molar-refractivity contribution is 0.471. The average Bonchev–Trinajstić information content (AvgIpc) is 2.71. The largest absolute Gasteiger partial charge is 0.448 e. The van der Waals surface area contributed by atoms with Gasteiger partial charge in [0.05, 0.1) is 0 Å². The molecule has 1 heterocycles. The standard InChI is InChI=1S/C13H16N2O/c1-8(2)13-15-12(7-16-13)10-5-4-9(3)11(14)6-10/h4-8H,14H2,1-3H3. The number of nitrogen functional groups attached to an aromatic ring is 1. The minimum Gasteiger partial charge on any atom is -0.448 e. The Hall–Kier alpha value is -1.77. The van der Waals surface area contributed by atoms with Crippen LogP contribution >= 0.6 is 0 Å². The lowest BCUT2D eigenvalue weighted by Crippen LogP contribution is -1.91. The van der Waals surface area contributed by atoms with E-state index in [1.807, 2.05) is 25.1 Å². The van der Waals surface area contributed by atoms with E-state index in [9.17, 15) is 0 Å². The van der Waals surface area contributed by atoms with Gasteiger partial charge in [-0.05, 0) is 18.6 Å². The van der Waals surface area contributed by atoms with Crippen LogP contribution in [0.2, 0.25) is 0 Å². The smallest absolute Gasteiger partial charge is 0.197 e. The van der Waals surface area contributed by atoms with Gasteiger partial charge in [0, 0.05) is 17.2 Å². The first-order valence-corrected chi connectivity index (χ1v) is 5.40. The maximum atomic E-state index is 5.87. The molecule has 0 amide bonds. The monoisotopic (exact) mass is 216 g/mol. The first-order valence-electron chi connectivity index (χ1n) is 5.40. The molecule has 0 spiro atoms. The molecule has 0 aliphatic carbocycles. The zero-order valence-corrected chi connectivity index (χ0v) is 9.82. The van der Waals surface area contributed by atoms with Gasteiger partial charge < -0.3 is 10.2 Å². The van der Waals surface area contributed by atoms with Crippen molar-refractivity contribution < 1.29 is 4.42 Å². The van der Waals surface area contributed by atoms with Crippen LogP contribution in [0.5, 0.6) is 0 Å². The fraction of sp³-hybridized carbons (Fsp3) is 0.308. The molecule has 2 aromatic rings. The molecule has 16 heavy (non-hydrogen) atoms. The third-order valence-electron chi connectivity index (χ3n) is 2.59. The first-order chi connectivity index (χ1) is 7.58. The summed E-state index contributed by atoms with van der Waals surface area (Å²) in [6.45, 7) is 6.10. The van der Waals surface area contributed by atoms with Crippen molar-refractivity contribution >= 4 is 5.69 Å². The maximum Gasteiger partial charge on any atom is 0.197 e. The van der Waals surface area contributed by atoms with Crippen LogP contribution in [0, 0.1) is 6.92 Å². The molecular formula is C13H16N2O. The van der Waals surface area contributed by atoms with Crippen molar-refractivity contribution in [1.29, 1.82) is 0 Å². The van der Waals surface area contributed by atoms with E-state index in [4.69, 9.17) is 10.2 Å². The van der Waals surface area contributed by atoms with Gasteiger partial charge in [0.15, 0.2) is 5.89 Å². The van der Waals surface area contributed by atoms with Crippen LogP contribution < -0.4 is 5.73 Å². The summed E-state index contributed by atoms with van der Waals surface area (Å²) in [6, 6.07) is 5.93. The van der Waals surface area contributed by atoms with E-state index in [-0.39, 0.29) is 0 Å². The number of nitrogens with two attached hydrogens (primary N) is 1. The topological polar surface area (TPSA) is 52.0 Å². The SMILES string of the molecule is Cc1ccc(-c2coc(C(C)C)n2)cc1N. The maximum absolute atomic E-state index is 5.87. The van der Waals surface area contributed by atoms with Crippen LogP contribution in [-0.2, 0) is 0 Å². The number of oxazole rings is 1. The molecule has 0 unspecified atom stereocenters. The van der Waals surface area contributed by atoms with Gasteiger partial charge in [-0.15, -0.1) is 0 Å². The van der Waals surface area contributed by atoms with E-state index in [2.05, 4.69) is 18.8 Å². The Morgan fingerprint density at radius 1 is 1.31 bits per heavy atom. The second-order valence-corrected chi connectivity index (χ2v) is 4.30. The third-order valence-corrected chi connectivity index (χ3v) is 2.59. The quantitative estimate of drug-likeness (QED) is 0.783. The Kier molecular flexibility index (Phi) is 2.69. The molecule has 0 saturated heterocycles. The van der Waals surface area contributed by atoms with Crippen molar-refractivity contribution in [1.82, 2.24) is 4.98 Å². The summed E-state index contributed by atoms with van der Waals surface area (Å²) in [5.74, 6) is 1.06. The first kappa shape index (κ1) is 10.7. The van der Waals surface area contributed by atoms with E-state index in [0.29, 0.717) is 5.92 Å². The van der Waals surface area contributed by atoms with Crippen molar-refractivity contribution in [3.05, 3.63) is 35.9 Å². The molecule has 0 aliphatic heterocycles. The van der Waals surface area contributed by atoms with Crippen molar-refractivity contribution in [2.45, 2.75) is 26.7 Å². The number of anilines is 1. The molecule has 2 N–H and O–H groups in total. The highest BCUT2D eigenvalue weighted by Crippen LogP contribution is 2.25. The predicted octanol–water partition coefficient (Wildman–Crippen LogP) is 3.36. The summed E-state index contributed by atoms with van der Waals surface area (Å²) in [5, 5.41) is 0. The Labute approximate surface area is 95.3 Å². The zero-order valence-electron chi connectivity index (χ0n) is 9.82. The summed E-state index contributed by atoms with van der Waals surface area (Å²) in [4.78, 5) is 4.43. The summed E-state index contributed by atoms with van der Waals surface area (Å²) >= 11 is 0. The highest BCUT2D eigenvalue weighted by molar-refractivity contribution is 5.65. The Bertz CT molecular complexity index is 500. The van der Waals surface area contributed by atoms with Gasteiger partial charge in [-0.1, -0.05) is 26.0 Å². The van der Waals surface area contributed by atoms with E-state index in [0.717, 1.165) is 28.4 Å². The molecule has 1 aromatic carbocycles. The van der Waals surface area contributed by atoms with Crippen molar-refractivity contribution in [3.8, 4) is 11.3 Å². The Morgan fingerprint density at radius 2 is 2.06 bits per heavy atom. The van der Waals surface area contributed by atoms with Crippen molar-refractivity contribution in [2.75, 3.05) is 5.73 Å². The summed E-state index contributed by atoms with van der Waals surface area (Å²) in [7, 11) is 0. The Balaban J connectivity index is 2.39. The molecule has 0 aliphatic rings. The second kappa shape index (κ2) is 4.00. The molecule has 0 atom stereocenters. The number of benzene rings is 1. The van der Waals surface area contributed by atoms with Crippen molar-refractivity contribution in [3.63, 3.8) is 0 Å². The van der Waals surface area contributed by atoms with Gasteiger partial charge in [-0.3, -0.25) is 0 Å². The minimum absolute atomic E-state index is 0.302. The molecule has 0 saturated carbocycles. The summed E-state index contributed by atoms with van der Waals surface area (Å²) in [5.41, 5.74) is 9.57. The van der Waals surface area contributed by atoms with Gasteiger partial charge in [0.25, 0.3) is 0 Å². The van der Waals surface area contributed by atoms with Crippen LogP contribution in [0.15, 0.2) is 28.9 Å². The molecule has 84 valence electrons. The fourth-order valence-corrected chi connectivity index (χ4v) is 1.49. The van der Waals surface area contributed by atoms with E-state index >= 15 is 0 Å². The van der Waals surface area contributed by atoms with Crippen LogP contribution in [0.4, 0.5) is 5.69 Å². The van der Waals surface area contributed by atoms with Gasteiger partial charge in [-0.2, -0.15) is 0 Å². The average molecular weight is 216 g/mol. The third kappa shape index (κ3) is 1.94. The van der Waals surface area contributed by atoms with Gasteiger partial charge in [0.1, 0.15) is 12.0 Å². The highest BCUT2D eigenvalue weighted by Gasteiger charge is 2.09. The second-order valence-electron chi connectivity index (χ2n) is 4.30. The zero-order chi connectivity index (χ0) is 11.7. The van der Waals surface area contributed by atoms with Crippen molar-refractivity contribution in [2.24, 2.45) is 0 Å². The molecule has 3 nitrogen and oxygen atoms in total. The summed E-state index contributed by atoms with van der Waals surface area (Å²) < 4.78 is 5.40. The van der Waals surface area contributed by atoms with Crippen LogP contribution in [-0.4, -0.2) is 4.98 Å². The molecular weight excluding hydrogens is 200 g/mol. The van der Waals surface area contributed by atoms with Gasteiger partial charge in [0.2, 0.25) is 0 Å². The van der Waals surface area contributed by atoms with E-state index in [1.54, 1.807) is 6.26 Å². The normalized spacial score (nSPS) is 11.0. The molecule has 3 heteroatoms. The number of hydrogen-bond donors (Lipinski definition) is 1. The van der Waals surface area contributed by atoms with Gasteiger partial charge in [-0.25, -0.2) is 4.98 Å². The fourth-order valence-electron chi connectivity index (χ4n) is 1.49.